The summed E-state index contributed by atoms with van der Waals surface area (Å²) in [5.74, 6) is 0.263. The molecule has 1 saturated carbocycles. The zero-order valence-electron chi connectivity index (χ0n) is 16.5. The van der Waals surface area contributed by atoms with Gasteiger partial charge in [-0.2, -0.15) is 0 Å². The fraction of sp³-hybridized carbons (Fsp3) is 0.850. The van der Waals surface area contributed by atoms with Gasteiger partial charge in [-0.05, 0) is 49.9 Å². The van der Waals surface area contributed by atoms with Gasteiger partial charge in [-0.3, -0.25) is 14.5 Å². The van der Waals surface area contributed by atoms with Crippen LogP contribution in [0.4, 0.5) is 4.79 Å². The van der Waals surface area contributed by atoms with E-state index in [2.05, 4.69) is 26.1 Å². The first-order valence-electron chi connectivity index (χ1n) is 10.1. The van der Waals surface area contributed by atoms with Crippen molar-refractivity contribution in [1.29, 1.82) is 0 Å². The van der Waals surface area contributed by atoms with Crippen molar-refractivity contribution in [2.75, 3.05) is 19.6 Å². The number of amides is 4. The Morgan fingerprint density at radius 1 is 1.08 bits per heavy atom. The second-order valence-electron chi connectivity index (χ2n) is 9.34. The fourth-order valence-electron chi connectivity index (χ4n) is 4.69. The number of hydrogen-bond acceptors (Lipinski definition) is 3. The summed E-state index contributed by atoms with van der Waals surface area (Å²) in [4.78, 5) is 41.0. The van der Waals surface area contributed by atoms with Crippen molar-refractivity contribution in [3.63, 3.8) is 0 Å². The number of urea groups is 1. The number of nitrogens with one attached hydrogen (secondary N) is 1. The van der Waals surface area contributed by atoms with Gasteiger partial charge < -0.3 is 10.2 Å². The zero-order chi connectivity index (χ0) is 18.9. The minimum atomic E-state index is -0.780. The van der Waals surface area contributed by atoms with Crippen LogP contribution in [0.15, 0.2) is 0 Å². The topological polar surface area (TPSA) is 69.7 Å². The summed E-state index contributed by atoms with van der Waals surface area (Å²) in [5, 5.41) is 2.93. The minimum absolute atomic E-state index is 0.101. The lowest BCUT2D eigenvalue weighted by atomic mass is 9.67. The third-order valence-corrected chi connectivity index (χ3v) is 6.56. The van der Waals surface area contributed by atoms with Crippen LogP contribution in [0, 0.1) is 11.3 Å². The molecule has 0 atom stereocenters. The maximum atomic E-state index is 13.0. The monoisotopic (exact) mass is 363 g/mol. The standard InChI is InChI=1S/C20H33N3O3/c1-19(2,3)15-8-10-20(11-9-15)17(25)23(18(26)21-20)14-16(24)22-12-6-4-5-7-13-22/h15H,4-14H2,1-3H3,(H,21,26). The van der Waals surface area contributed by atoms with E-state index in [9.17, 15) is 14.4 Å². The first-order chi connectivity index (χ1) is 12.2. The van der Waals surface area contributed by atoms with E-state index < -0.39 is 11.6 Å². The van der Waals surface area contributed by atoms with Crippen molar-refractivity contribution in [3.05, 3.63) is 0 Å². The van der Waals surface area contributed by atoms with E-state index in [4.69, 9.17) is 0 Å². The number of rotatable bonds is 2. The summed E-state index contributed by atoms with van der Waals surface area (Å²) in [6.07, 6.45) is 7.51. The van der Waals surface area contributed by atoms with Gasteiger partial charge in [0.1, 0.15) is 12.1 Å². The van der Waals surface area contributed by atoms with Crippen LogP contribution in [0.2, 0.25) is 0 Å². The number of carbonyl (C=O) groups excluding carboxylic acids is 3. The van der Waals surface area contributed by atoms with Crippen LogP contribution < -0.4 is 5.32 Å². The molecule has 2 aliphatic heterocycles. The van der Waals surface area contributed by atoms with E-state index in [-0.39, 0.29) is 23.8 Å². The molecule has 1 aliphatic carbocycles. The molecule has 146 valence electrons. The Labute approximate surface area is 156 Å². The maximum Gasteiger partial charge on any atom is 0.325 e. The van der Waals surface area contributed by atoms with E-state index in [0.29, 0.717) is 18.8 Å². The second-order valence-corrected chi connectivity index (χ2v) is 9.34. The quantitative estimate of drug-likeness (QED) is 0.767. The van der Waals surface area contributed by atoms with E-state index in [0.717, 1.165) is 56.5 Å². The van der Waals surface area contributed by atoms with Gasteiger partial charge in [0.25, 0.3) is 5.91 Å². The fourth-order valence-corrected chi connectivity index (χ4v) is 4.69. The smallest absolute Gasteiger partial charge is 0.325 e. The Bertz CT molecular complexity index is 565. The predicted octanol–water partition coefficient (Wildman–Crippen LogP) is 2.92. The van der Waals surface area contributed by atoms with Crippen molar-refractivity contribution in [3.8, 4) is 0 Å². The highest BCUT2D eigenvalue weighted by molar-refractivity contribution is 6.09. The van der Waals surface area contributed by atoms with Gasteiger partial charge in [0.05, 0.1) is 0 Å². The Hall–Kier alpha value is -1.59. The molecule has 26 heavy (non-hydrogen) atoms. The molecule has 1 spiro atoms. The van der Waals surface area contributed by atoms with Crippen molar-refractivity contribution in [2.45, 2.75) is 77.7 Å². The summed E-state index contributed by atoms with van der Waals surface area (Å²) < 4.78 is 0. The van der Waals surface area contributed by atoms with Gasteiger partial charge in [-0.1, -0.05) is 33.6 Å². The summed E-state index contributed by atoms with van der Waals surface area (Å²) >= 11 is 0. The van der Waals surface area contributed by atoms with Gasteiger partial charge in [0, 0.05) is 13.1 Å². The first kappa shape index (κ1) is 19.2. The predicted molar refractivity (Wildman–Crippen MR) is 99.4 cm³/mol. The van der Waals surface area contributed by atoms with Crippen molar-refractivity contribution >= 4 is 17.8 Å². The summed E-state index contributed by atoms with van der Waals surface area (Å²) in [6, 6.07) is -0.396. The molecule has 6 heteroatoms. The van der Waals surface area contributed by atoms with Crippen LogP contribution in [-0.2, 0) is 9.59 Å². The molecule has 0 radical (unpaired) electrons. The molecule has 0 aromatic heterocycles. The van der Waals surface area contributed by atoms with Gasteiger partial charge >= 0.3 is 6.03 Å². The molecular weight excluding hydrogens is 330 g/mol. The summed E-state index contributed by atoms with van der Waals surface area (Å²) in [6.45, 7) is 8.06. The molecule has 0 bridgehead atoms. The zero-order valence-corrected chi connectivity index (χ0v) is 16.5. The Morgan fingerprint density at radius 3 is 2.19 bits per heavy atom. The Kier molecular flexibility index (Phi) is 5.31. The van der Waals surface area contributed by atoms with Crippen LogP contribution in [0.5, 0.6) is 0 Å². The molecule has 0 aromatic rings. The molecule has 1 N–H and O–H groups in total. The van der Waals surface area contributed by atoms with Crippen molar-refractivity contribution in [2.24, 2.45) is 11.3 Å². The second kappa shape index (κ2) is 7.20. The largest absolute Gasteiger partial charge is 0.341 e. The lowest BCUT2D eigenvalue weighted by molar-refractivity contribution is -0.139. The summed E-state index contributed by atoms with van der Waals surface area (Å²) in [7, 11) is 0. The Balaban J connectivity index is 1.63. The molecule has 0 aromatic carbocycles. The molecule has 3 rings (SSSR count). The van der Waals surface area contributed by atoms with E-state index in [1.165, 1.54) is 0 Å². The lowest BCUT2D eigenvalue weighted by Gasteiger charge is -2.40. The maximum absolute atomic E-state index is 13.0. The Morgan fingerprint density at radius 2 is 1.65 bits per heavy atom. The highest BCUT2D eigenvalue weighted by Gasteiger charge is 2.53. The van der Waals surface area contributed by atoms with Crippen LogP contribution in [-0.4, -0.2) is 52.8 Å². The third-order valence-electron chi connectivity index (χ3n) is 6.56. The van der Waals surface area contributed by atoms with E-state index in [1.807, 2.05) is 4.90 Å². The number of imide groups is 1. The number of carbonyl (C=O) groups is 3. The van der Waals surface area contributed by atoms with E-state index in [1.54, 1.807) is 0 Å². The molecule has 2 heterocycles. The van der Waals surface area contributed by atoms with Gasteiger partial charge in [-0.25, -0.2) is 4.79 Å². The molecule has 2 saturated heterocycles. The van der Waals surface area contributed by atoms with Crippen molar-refractivity contribution < 1.29 is 14.4 Å². The average molecular weight is 364 g/mol. The number of hydrogen-bond donors (Lipinski definition) is 1. The third kappa shape index (κ3) is 3.74. The molecule has 6 nitrogen and oxygen atoms in total. The summed E-state index contributed by atoms with van der Waals surface area (Å²) in [5.41, 5.74) is -0.562. The normalized spacial score (nSPS) is 30.5. The lowest BCUT2D eigenvalue weighted by Crippen LogP contribution is -2.51. The van der Waals surface area contributed by atoms with Gasteiger partial charge in [-0.15, -0.1) is 0 Å². The average Bonchev–Trinajstić information content (AvgIpc) is 2.80. The first-order valence-corrected chi connectivity index (χ1v) is 10.1. The van der Waals surface area contributed by atoms with Gasteiger partial charge in [0.15, 0.2) is 0 Å². The highest BCUT2D eigenvalue weighted by Crippen LogP contribution is 2.43. The molecule has 3 aliphatic rings. The molecular formula is C20H33N3O3. The van der Waals surface area contributed by atoms with E-state index >= 15 is 0 Å². The highest BCUT2D eigenvalue weighted by atomic mass is 16.2. The number of nitrogens with zero attached hydrogens (tertiary/aromatic N) is 2. The minimum Gasteiger partial charge on any atom is -0.341 e. The molecule has 4 amide bonds. The van der Waals surface area contributed by atoms with Gasteiger partial charge in [0.2, 0.25) is 5.91 Å². The van der Waals surface area contributed by atoms with Crippen molar-refractivity contribution in [1.82, 2.24) is 15.1 Å². The van der Waals surface area contributed by atoms with Crippen LogP contribution >= 0.6 is 0 Å². The SMILES string of the molecule is CC(C)(C)C1CCC2(CC1)NC(=O)N(CC(=O)N1CCCCCC1)C2=O. The molecule has 0 unspecified atom stereocenters. The van der Waals surface area contributed by atoms with Crippen LogP contribution in [0.25, 0.3) is 0 Å². The molecule has 3 fully saturated rings. The number of likely N-dealkylation sites (tertiary alicyclic amines) is 1. The van der Waals surface area contributed by atoms with Crippen LogP contribution in [0.3, 0.4) is 0 Å². The van der Waals surface area contributed by atoms with Crippen LogP contribution in [0.1, 0.15) is 72.1 Å².